The van der Waals surface area contributed by atoms with Crippen molar-refractivity contribution in [3.05, 3.63) is 16.4 Å². The molecule has 5 heteroatoms. The van der Waals surface area contributed by atoms with E-state index in [2.05, 4.69) is 24.3 Å². The van der Waals surface area contributed by atoms with Crippen LogP contribution in [0, 0.1) is 0 Å². The summed E-state index contributed by atoms with van der Waals surface area (Å²) in [7, 11) is 1.92. The maximum absolute atomic E-state index is 6.25. The molecule has 1 aromatic heterocycles. The van der Waals surface area contributed by atoms with E-state index in [0.29, 0.717) is 0 Å². The van der Waals surface area contributed by atoms with Crippen LogP contribution < -0.4 is 5.32 Å². The molecule has 1 unspecified atom stereocenters. The molecular weight excluding hydrogens is 257 g/mol. The quantitative estimate of drug-likeness (QED) is 0.776. The Hall–Kier alpha value is -0.250. The number of alkyl halides is 1. The summed E-state index contributed by atoms with van der Waals surface area (Å²) in [5.41, 5.74) is 1.99. The van der Waals surface area contributed by atoms with E-state index in [1.807, 2.05) is 11.7 Å². The highest BCUT2D eigenvalue weighted by Crippen LogP contribution is 2.20. The minimum Gasteiger partial charge on any atom is -0.310 e. The van der Waals surface area contributed by atoms with Crippen molar-refractivity contribution in [1.29, 1.82) is 0 Å². The molecule has 1 rings (SSSR count). The van der Waals surface area contributed by atoms with Crippen LogP contribution >= 0.6 is 23.2 Å². The highest BCUT2D eigenvalue weighted by Gasteiger charge is 2.12. The Kier molecular flexibility index (Phi) is 6.31. The minimum absolute atomic E-state index is 0.192. The van der Waals surface area contributed by atoms with Crippen LogP contribution in [0.3, 0.4) is 0 Å². The fraction of sp³-hybridized carbons (Fsp3) is 0.750. The van der Waals surface area contributed by atoms with Gasteiger partial charge in [0.25, 0.3) is 0 Å². The molecule has 0 aliphatic heterocycles. The predicted octanol–water partition coefficient (Wildman–Crippen LogP) is 3.13. The van der Waals surface area contributed by atoms with Gasteiger partial charge in [0.05, 0.1) is 16.4 Å². The zero-order chi connectivity index (χ0) is 12.8. The van der Waals surface area contributed by atoms with Crippen LogP contribution in [0.2, 0.25) is 5.02 Å². The first kappa shape index (κ1) is 14.8. The molecular formula is C12H21Cl2N3. The van der Waals surface area contributed by atoms with Gasteiger partial charge < -0.3 is 5.32 Å². The maximum Gasteiger partial charge on any atom is 0.0863 e. The second kappa shape index (κ2) is 7.24. The standard InChI is InChI=1S/C12H21Cl2N3/c1-4-6-9(13)7-15-8-11-12(14)10(5-2)16-17(11)3/h9,15H,4-8H2,1-3H3. The first-order chi connectivity index (χ1) is 8.10. The van der Waals surface area contributed by atoms with E-state index in [1.54, 1.807) is 0 Å². The molecule has 0 aromatic carbocycles. The number of halogens is 2. The van der Waals surface area contributed by atoms with Crippen LogP contribution in [0.25, 0.3) is 0 Å². The third-order valence-electron chi connectivity index (χ3n) is 2.76. The van der Waals surface area contributed by atoms with Crippen molar-refractivity contribution in [2.75, 3.05) is 6.54 Å². The number of aryl methyl sites for hydroxylation is 2. The monoisotopic (exact) mass is 277 g/mol. The van der Waals surface area contributed by atoms with Gasteiger partial charge in [-0.1, -0.05) is 31.9 Å². The lowest BCUT2D eigenvalue weighted by Gasteiger charge is -2.10. The van der Waals surface area contributed by atoms with Gasteiger partial charge in [0, 0.05) is 25.5 Å². The predicted molar refractivity (Wildman–Crippen MR) is 73.9 cm³/mol. The van der Waals surface area contributed by atoms with Gasteiger partial charge in [-0.3, -0.25) is 4.68 Å². The van der Waals surface area contributed by atoms with Gasteiger partial charge in [0.15, 0.2) is 0 Å². The van der Waals surface area contributed by atoms with Gasteiger partial charge in [0.2, 0.25) is 0 Å². The zero-order valence-corrected chi connectivity index (χ0v) is 12.3. The van der Waals surface area contributed by atoms with Crippen LogP contribution in [0.5, 0.6) is 0 Å². The van der Waals surface area contributed by atoms with Gasteiger partial charge in [-0.25, -0.2) is 0 Å². The summed E-state index contributed by atoms with van der Waals surface area (Å²) in [6.45, 7) is 5.72. The molecule has 0 amide bonds. The molecule has 0 aliphatic rings. The third kappa shape index (κ3) is 4.16. The first-order valence-electron chi connectivity index (χ1n) is 6.15. The molecule has 0 aliphatic carbocycles. The minimum atomic E-state index is 0.192. The smallest absolute Gasteiger partial charge is 0.0863 e. The largest absolute Gasteiger partial charge is 0.310 e. The van der Waals surface area contributed by atoms with E-state index in [-0.39, 0.29) is 5.38 Å². The summed E-state index contributed by atoms with van der Waals surface area (Å²) in [5.74, 6) is 0. The van der Waals surface area contributed by atoms with Crippen molar-refractivity contribution >= 4 is 23.2 Å². The number of nitrogens with zero attached hydrogens (tertiary/aromatic N) is 2. The molecule has 1 aromatic rings. The molecule has 3 nitrogen and oxygen atoms in total. The van der Waals surface area contributed by atoms with E-state index in [0.717, 1.165) is 48.8 Å². The average molecular weight is 278 g/mol. The van der Waals surface area contributed by atoms with E-state index in [9.17, 15) is 0 Å². The highest BCUT2D eigenvalue weighted by molar-refractivity contribution is 6.31. The van der Waals surface area contributed by atoms with E-state index >= 15 is 0 Å². The highest BCUT2D eigenvalue weighted by atomic mass is 35.5. The molecule has 0 radical (unpaired) electrons. The summed E-state index contributed by atoms with van der Waals surface area (Å²) in [4.78, 5) is 0. The molecule has 1 atom stereocenters. The van der Waals surface area contributed by atoms with Crippen molar-refractivity contribution in [3.63, 3.8) is 0 Å². The van der Waals surface area contributed by atoms with E-state index in [1.165, 1.54) is 0 Å². The van der Waals surface area contributed by atoms with Gasteiger partial charge in [0.1, 0.15) is 0 Å². The van der Waals surface area contributed by atoms with Crippen molar-refractivity contribution in [2.24, 2.45) is 7.05 Å². The molecule has 0 saturated heterocycles. The summed E-state index contributed by atoms with van der Waals surface area (Å²) >= 11 is 12.4. The van der Waals surface area contributed by atoms with Crippen LogP contribution in [-0.2, 0) is 20.0 Å². The second-order valence-corrected chi connectivity index (χ2v) is 5.20. The molecule has 1 heterocycles. The van der Waals surface area contributed by atoms with Gasteiger partial charge in [-0.05, 0) is 12.8 Å². The Labute approximate surface area is 113 Å². The van der Waals surface area contributed by atoms with Gasteiger partial charge >= 0.3 is 0 Å². The topological polar surface area (TPSA) is 29.9 Å². The molecule has 0 bridgehead atoms. The number of hydrogen-bond acceptors (Lipinski definition) is 2. The van der Waals surface area contributed by atoms with E-state index in [4.69, 9.17) is 23.2 Å². The van der Waals surface area contributed by atoms with Crippen LogP contribution in [-0.4, -0.2) is 21.7 Å². The Balaban J connectivity index is 2.49. The normalized spacial score (nSPS) is 13.0. The second-order valence-electron chi connectivity index (χ2n) is 4.20. The lowest BCUT2D eigenvalue weighted by Crippen LogP contribution is -2.24. The molecule has 0 fully saturated rings. The Morgan fingerprint density at radius 3 is 2.65 bits per heavy atom. The van der Waals surface area contributed by atoms with Gasteiger partial charge in [-0.2, -0.15) is 5.10 Å². The zero-order valence-electron chi connectivity index (χ0n) is 10.8. The van der Waals surface area contributed by atoms with Crippen molar-refractivity contribution < 1.29 is 0 Å². The fourth-order valence-electron chi connectivity index (χ4n) is 1.77. The van der Waals surface area contributed by atoms with Crippen LogP contribution in [0.1, 0.15) is 38.1 Å². The maximum atomic E-state index is 6.25. The number of aromatic nitrogens is 2. The summed E-state index contributed by atoms with van der Waals surface area (Å²) in [6.07, 6.45) is 3.01. The molecule has 98 valence electrons. The Morgan fingerprint density at radius 2 is 2.12 bits per heavy atom. The van der Waals surface area contributed by atoms with Gasteiger partial charge in [-0.15, -0.1) is 11.6 Å². The average Bonchev–Trinajstić information content (AvgIpc) is 2.56. The third-order valence-corrected chi connectivity index (χ3v) is 3.57. The number of rotatable bonds is 7. The molecule has 0 spiro atoms. The van der Waals surface area contributed by atoms with Crippen molar-refractivity contribution in [1.82, 2.24) is 15.1 Å². The first-order valence-corrected chi connectivity index (χ1v) is 6.96. The number of hydrogen-bond donors (Lipinski definition) is 1. The lowest BCUT2D eigenvalue weighted by molar-refractivity contribution is 0.592. The summed E-state index contributed by atoms with van der Waals surface area (Å²) in [6, 6.07) is 0. The number of nitrogens with one attached hydrogen (secondary N) is 1. The summed E-state index contributed by atoms with van der Waals surface area (Å²) < 4.78 is 1.84. The van der Waals surface area contributed by atoms with Crippen molar-refractivity contribution in [2.45, 2.75) is 45.0 Å². The Bertz CT molecular complexity index is 350. The van der Waals surface area contributed by atoms with E-state index < -0.39 is 0 Å². The molecule has 1 N–H and O–H groups in total. The Morgan fingerprint density at radius 1 is 1.41 bits per heavy atom. The molecule has 0 saturated carbocycles. The lowest BCUT2D eigenvalue weighted by atomic mass is 10.2. The SMILES string of the molecule is CCCC(Cl)CNCc1c(Cl)c(CC)nn1C. The van der Waals surface area contributed by atoms with Crippen LogP contribution in [0.15, 0.2) is 0 Å². The summed E-state index contributed by atoms with van der Waals surface area (Å²) in [5, 5.41) is 8.68. The van der Waals surface area contributed by atoms with Crippen molar-refractivity contribution in [3.8, 4) is 0 Å². The fourth-order valence-corrected chi connectivity index (χ4v) is 2.46. The molecule has 17 heavy (non-hydrogen) atoms. The van der Waals surface area contributed by atoms with Crippen LogP contribution in [0.4, 0.5) is 0 Å².